The van der Waals surface area contributed by atoms with Gasteiger partial charge in [-0.15, -0.1) is 0 Å². The van der Waals surface area contributed by atoms with Gasteiger partial charge in [0.05, 0.1) is 0 Å². The predicted molar refractivity (Wildman–Crippen MR) is 71.2 cm³/mol. The Morgan fingerprint density at radius 1 is 1.11 bits per heavy atom. The molecule has 6 nitrogen and oxygen atoms in total. The Hall–Kier alpha value is -2.08. The van der Waals surface area contributed by atoms with E-state index in [1.165, 1.54) is 0 Å². The molecule has 0 saturated carbocycles. The third kappa shape index (κ3) is 5.31. The summed E-state index contributed by atoms with van der Waals surface area (Å²) in [6.07, 6.45) is 0.230. The fraction of sp³-hybridized carbons (Fsp3) is 0.333. The van der Waals surface area contributed by atoms with Gasteiger partial charge in [0.2, 0.25) is 5.91 Å². The molecule has 0 radical (unpaired) electrons. The first-order valence-electron chi connectivity index (χ1n) is 5.51. The summed E-state index contributed by atoms with van der Waals surface area (Å²) in [6, 6.07) is 6.01. The highest BCUT2D eigenvalue weighted by Gasteiger charge is 2.16. The standard InChI is InChI=1S/C12H18N4O2/c1-12(2,14)7-10(17)15-8-3-5-9(6-4-8)16-11(13)18/h3-6H,7,14H2,1-2H3,(H,15,17)(H3,13,16,18). The molecule has 0 saturated heterocycles. The second-order valence-corrected chi connectivity index (χ2v) is 4.78. The zero-order valence-corrected chi connectivity index (χ0v) is 10.5. The quantitative estimate of drug-likeness (QED) is 0.645. The van der Waals surface area contributed by atoms with E-state index in [0.717, 1.165) is 0 Å². The predicted octanol–water partition coefficient (Wildman–Crippen LogP) is 1.24. The summed E-state index contributed by atoms with van der Waals surface area (Å²) < 4.78 is 0. The van der Waals surface area contributed by atoms with Crippen LogP contribution in [0.15, 0.2) is 24.3 Å². The fourth-order valence-electron chi connectivity index (χ4n) is 1.40. The maximum Gasteiger partial charge on any atom is 0.316 e. The van der Waals surface area contributed by atoms with Crippen LogP contribution in [0.25, 0.3) is 0 Å². The van der Waals surface area contributed by atoms with Gasteiger partial charge in [0.25, 0.3) is 0 Å². The van der Waals surface area contributed by atoms with E-state index in [0.29, 0.717) is 11.4 Å². The van der Waals surface area contributed by atoms with Gasteiger partial charge >= 0.3 is 6.03 Å². The van der Waals surface area contributed by atoms with Crippen molar-refractivity contribution < 1.29 is 9.59 Å². The second-order valence-electron chi connectivity index (χ2n) is 4.78. The number of benzene rings is 1. The van der Waals surface area contributed by atoms with Crippen molar-refractivity contribution in [2.45, 2.75) is 25.8 Å². The Bertz CT molecular complexity index is 434. The number of amides is 3. The van der Waals surface area contributed by atoms with Gasteiger partial charge < -0.3 is 22.1 Å². The Morgan fingerprint density at radius 2 is 1.56 bits per heavy atom. The first-order chi connectivity index (χ1) is 8.26. The molecular formula is C12H18N4O2. The zero-order chi connectivity index (χ0) is 13.8. The van der Waals surface area contributed by atoms with Gasteiger partial charge in [-0.25, -0.2) is 4.79 Å². The molecule has 0 fully saturated rings. The first-order valence-corrected chi connectivity index (χ1v) is 5.51. The first kappa shape index (κ1) is 14.0. The van der Waals surface area contributed by atoms with Gasteiger partial charge in [-0.1, -0.05) is 0 Å². The lowest BCUT2D eigenvalue weighted by molar-refractivity contribution is -0.117. The summed E-state index contributed by atoms with van der Waals surface area (Å²) in [5.41, 5.74) is 11.4. The smallest absolute Gasteiger partial charge is 0.316 e. The summed E-state index contributed by atoms with van der Waals surface area (Å²) in [5.74, 6) is -0.155. The van der Waals surface area contributed by atoms with Crippen LogP contribution in [0.2, 0.25) is 0 Å². The molecule has 98 valence electrons. The number of hydrogen-bond donors (Lipinski definition) is 4. The van der Waals surface area contributed by atoms with E-state index >= 15 is 0 Å². The minimum atomic E-state index is -0.628. The molecule has 0 atom stereocenters. The number of rotatable bonds is 4. The maximum atomic E-state index is 11.6. The highest BCUT2D eigenvalue weighted by molar-refractivity contribution is 5.92. The van der Waals surface area contributed by atoms with Crippen LogP contribution < -0.4 is 22.1 Å². The van der Waals surface area contributed by atoms with Gasteiger partial charge in [-0.3, -0.25) is 4.79 Å². The normalized spacial score (nSPS) is 10.8. The number of carbonyl (C=O) groups is 2. The molecule has 0 aliphatic rings. The van der Waals surface area contributed by atoms with E-state index in [1.54, 1.807) is 38.1 Å². The minimum absolute atomic E-state index is 0.155. The number of anilines is 2. The van der Waals surface area contributed by atoms with Crippen LogP contribution in [0.3, 0.4) is 0 Å². The van der Waals surface area contributed by atoms with E-state index in [9.17, 15) is 9.59 Å². The summed E-state index contributed by atoms with van der Waals surface area (Å²) in [6.45, 7) is 3.57. The number of primary amides is 1. The molecule has 1 aromatic rings. The van der Waals surface area contributed by atoms with E-state index in [2.05, 4.69) is 10.6 Å². The number of hydrogen-bond acceptors (Lipinski definition) is 3. The Morgan fingerprint density at radius 3 is 1.94 bits per heavy atom. The van der Waals surface area contributed by atoms with E-state index < -0.39 is 11.6 Å². The maximum absolute atomic E-state index is 11.6. The molecule has 18 heavy (non-hydrogen) atoms. The van der Waals surface area contributed by atoms with Crippen LogP contribution in [0.4, 0.5) is 16.2 Å². The molecule has 6 heteroatoms. The molecular weight excluding hydrogens is 232 g/mol. The van der Waals surface area contributed by atoms with Crippen LogP contribution in [-0.4, -0.2) is 17.5 Å². The molecule has 0 heterocycles. The highest BCUT2D eigenvalue weighted by atomic mass is 16.2. The average Bonchev–Trinajstić information content (AvgIpc) is 2.17. The molecule has 1 aromatic carbocycles. The van der Waals surface area contributed by atoms with Crippen LogP contribution in [0, 0.1) is 0 Å². The summed E-state index contributed by atoms with van der Waals surface area (Å²) in [4.78, 5) is 22.2. The van der Waals surface area contributed by atoms with Crippen LogP contribution in [-0.2, 0) is 4.79 Å². The van der Waals surface area contributed by atoms with Gasteiger partial charge in [-0.2, -0.15) is 0 Å². The molecule has 0 aliphatic heterocycles. The molecule has 0 aliphatic carbocycles. The Kier molecular flexibility index (Phi) is 4.28. The van der Waals surface area contributed by atoms with Crippen molar-refractivity contribution in [1.29, 1.82) is 0 Å². The largest absolute Gasteiger partial charge is 0.351 e. The topological polar surface area (TPSA) is 110 Å². The van der Waals surface area contributed by atoms with Crippen LogP contribution >= 0.6 is 0 Å². The zero-order valence-electron chi connectivity index (χ0n) is 10.5. The Labute approximate surface area is 106 Å². The lowest BCUT2D eigenvalue weighted by Crippen LogP contribution is -2.36. The van der Waals surface area contributed by atoms with Gasteiger partial charge in [0.1, 0.15) is 0 Å². The van der Waals surface area contributed by atoms with Gasteiger partial charge in [0, 0.05) is 23.3 Å². The van der Waals surface area contributed by atoms with Crippen LogP contribution in [0.1, 0.15) is 20.3 Å². The second kappa shape index (κ2) is 5.50. The third-order valence-electron chi connectivity index (χ3n) is 2.05. The summed E-state index contributed by atoms with van der Waals surface area (Å²) >= 11 is 0. The van der Waals surface area contributed by atoms with E-state index in [1.807, 2.05) is 0 Å². The van der Waals surface area contributed by atoms with Crippen LogP contribution in [0.5, 0.6) is 0 Å². The monoisotopic (exact) mass is 250 g/mol. The van der Waals surface area contributed by atoms with E-state index in [4.69, 9.17) is 11.5 Å². The van der Waals surface area contributed by atoms with Gasteiger partial charge in [-0.05, 0) is 38.1 Å². The van der Waals surface area contributed by atoms with Crippen molar-refractivity contribution in [3.8, 4) is 0 Å². The molecule has 0 spiro atoms. The van der Waals surface area contributed by atoms with Gasteiger partial charge in [0.15, 0.2) is 0 Å². The molecule has 3 amide bonds. The number of carbonyl (C=O) groups excluding carboxylic acids is 2. The molecule has 0 unspecified atom stereocenters. The molecule has 6 N–H and O–H groups in total. The SMILES string of the molecule is CC(C)(N)CC(=O)Nc1ccc(NC(N)=O)cc1. The molecule has 1 rings (SSSR count). The minimum Gasteiger partial charge on any atom is -0.351 e. The summed E-state index contributed by atoms with van der Waals surface area (Å²) in [7, 11) is 0. The van der Waals surface area contributed by atoms with E-state index in [-0.39, 0.29) is 12.3 Å². The highest BCUT2D eigenvalue weighted by Crippen LogP contribution is 2.14. The third-order valence-corrected chi connectivity index (χ3v) is 2.05. The van der Waals surface area contributed by atoms with Crippen molar-refractivity contribution in [2.75, 3.05) is 10.6 Å². The lowest BCUT2D eigenvalue weighted by Gasteiger charge is -2.17. The number of nitrogens with one attached hydrogen (secondary N) is 2. The van der Waals surface area contributed by atoms with Crippen molar-refractivity contribution in [3.63, 3.8) is 0 Å². The van der Waals surface area contributed by atoms with Crippen molar-refractivity contribution >= 4 is 23.3 Å². The molecule has 0 aromatic heterocycles. The lowest BCUT2D eigenvalue weighted by atomic mass is 10.0. The fourth-order valence-corrected chi connectivity index (χ4v) is 1.40. The number of nitrogens with two attached hydrogens (primary N) is 2. The number of urea groups is 1. The summed E-state index contributed by atoms with van der Waals surface area (Å²) in [5, 5.41) is 5.15. The van der Waals surface area contributed by atoms with Crippen molar-refractivity contribution in [3.05, 3.63) is 24.3 Å². The molecule has 0 bridgehead atoms. The van der Waals surface area contributed by atoms with Crippen molar-refractivity contribution in [2.24, 2.45) is 11.5 Å². The van der Waals surface area contributed by atoms with Crippen molar-refractivity contribution in [1.82, 2.24) is 0 Å². The Balaban J connectivity index is 2.58. The average molecular weight is 250 g/mol.